The molecule has 1 aliphatic heterocycles. The zero-order valence-corrected chi connectivity index (χ0v) is 21.7. The van der Waals surface area contributed by atoms with Crippen molar-refractivity contribution in [2.24, 2.45) is 11.8 Å². The number of aryl methyl sites for hydroxylation is 1. The number of hydrogen-bond acceptors (Lipinski definition) is 7. The Kier molecular flexibility index (Phi) is 10.9. The van der Waals surface area contributed by atoms with E-state index in [0.29, 0.717) is 12.5 Å². The minimum Gasteiger partial charge on any atom is -0.493 e. The molecule has 0 radical (unpaired) electrons. The second kappa shape index (κ2) is 13.8. The summed E-state index contributed by atoms with van der Waals surface area (Å²) in [6.07, 6.45) is 6.41. The van der Waals surface area contributed by atoms with Crippen LogP contribution in [-0.4, -0.2) is 49.8 Å². The lowest BCUT2D eigenvalue weighted by Crippen LogP contribution is -2.57. The Balaban J connectivity index is 1.44. The fourth-order valence-electron chi connectivity index (χ4n) is 5.10. The zero-order valence-electron chi connectivity index (χ0n) is 21.7. The average molecular weight is 491 g/mol. The summed E-state index contributed by atoms with van der Waals surface area (Å²) in [4.78, 5) is 23.4. The highest BCUT2D eigenvalue weighted by molar-refractivity contribution is 5.67. The average Bonchev–Trinajstić information content (AvgIpc) is 3.35. The van der Waals surface area contributed by atoms with Crippen LogP contribution in [0.2, 0.25) is 0 Å². The van der Waals surface area contributed by atoms with Crippen LogP contribution in [0.15, 0.2) is 24.3 Å². The van der Waals surface area contributed by atoms with E-state index < -0.39 is 30.4 Å². The molecule has 5 unspecified atom stereocenters. The molecule has 1 heterocycles. The van der Waals surface area contributed by atoms with E-state index in [4.69, 9.17) is 23.7 Å². The first-order valence-corrected chi connectivity index (χ1v) is 13.2. The van der Waals surface area contributed by atoms with E-state index in [1.54, 1.807) is 0 Å². The third kappa shape index (κ3) is 8.50. The molecule has 35 heavy (non-hydrogen) atoms. The van der Waals surface area contributed by atoms with Crippen molar-refractivity contribution in [1.29, 1.82) is 0 Å². The molecule has 1 aliphatic carbocycles. The maximum absolute atomic E-state index is 11.7. The van der Waals surface area contributed by atoms with Crippen LogP contribution in [0.1, 0.15) is 78.2 Å². The third-order valence-electron chi connectivity index (χ3n) is 7.04. The molecule has 1 saturated carbocycles. The standard InChI is InChI=1S/C28H42O7/c1-5-25-19(2)26(33-20(3)29)27(34-21(4)30)28(35-25)31-17-9-8-10-22-13-15-24(16-14-22)32-18-23-11-6-7-12-23/h13-16,19,23,25-28H,5-12,17-18H2,1-4H3. The number of ether oxygens (including phenoxy) is 5. The summed E-state index contributed by atoms with van der Waals surface area (Å²) in [6, 6.07) is 8.37. The van der Waals surface area contributed by atoms with Crippen molar-refractivity contribution in [1.82, 2.24) is 0 Å². The van der Waals surface area contributed by atoms with E-state index in [9.17, 15) is 9.59 Å². The molecule has 0 spiro atoms. The Bertz CT molecular complexity index is 787. The summed E-state index contributed by atoms with van der Waals surface area (Å²) in [5.74, 6) is 0.671. The molecule has 2 fully saturated rings. The molecular formula is C28H42O7. The summed E-state index contributed by atoms with van der Waals surface area (Å²) in [5.41, 5.74) is 1.26. The van der Waals surface area contributed by atoms with Gasteiger partial charge in [0, 0.05) is 26.4 Å². The van der Waals surface area contributed by atoms with Gasteiger partial charge >= 0.3 is 11.9 Å². The van der Waals surface area contributed by atoms with Crippen LogP contribution in [0.5, 0.6) is 5.75 Å². The highest BCUT2D eigenvalue weighted by atomic mass is 16.7. The minimum atomic E-state index is -0.786. The smallest absolute Gasteiger partial charge is 0.303 e. The predicted octanol–water partition coefficient (Wildman–Crippen LogP) is 5.23. The molecule has 5 atom stereocenters. The van der Waals surface area contributed by atoms with Crippen molar-refractivity contribution >= 4 is 11.9 Å². The molecule has 7 nitrogen and oxygen atoms in total. The van der Waals surface area contributed by atoms with Crippen molar-refractivity contribution in [3.05, 3.63) is 29.8 Å². The first-order chi connectivity index (χ1) is 16.9. The van der Waals surface area contributed by atoms with Crippen LogP contribution < -0.4 is 4.74 Å². The van der Waals surface area contributed by atoms with E-state index in [1.165, 1.54) is 45.1 Å². The van der Waals surface area contributed by atoms with Crippen molar-refractivity contribution < 1.29 is 33.3 Å². The van der Waals surface area contributed by atoms with E-state index in [2.05, 4.69) is 24.3 Å². The number of esters is 2. The highest BCUT2D eigenvalue weighted by Gasteiger charge is 2.47. The monoisotopic (exact) mass is 490 g/mol. The number of benzene rings is 1. The topological polar surface area (TPSA) is 80.3 Å². The molecule has 7 heteroatoms. The van der Waals surface area contributed by atoms with Crippen molar-refractivity contribution in [2.45, 2.75) is 104 Å². The molecule has 0 N–H and O–H groups in total. The van der Waals surface area contributed by atoms with Gasteiger partial charge in [-0.2, -0.15) is 0 Å². The van der Waals surface area contributed by atoms with Crippen LogP contribution in [0.3, 0.4) is 0 Å². The summed E-state index contributed by atoms with van der Waals surface area (Å²) in [7, 11) is 0. The Labute approximate surface area is 209 Å². The van der Waals surface area contributed by atoms with E-state index >= 15 is 0 Å². The maximum Gasteiger partial charge on any atom is 0.303 e. The lowest BCUT2D eigenvalue weighted by molar-refractivity contribution is -0.290. The number of hydrogen-bond donors (Lipinski definition) is 0. The summed E-state index contributed by atoms with van der Waals surface area (Å²) in [5, 5.41) is 0. The van der Waals surface area contributed by atoms with Crippen LogP contribution in [-0.2, 0) is 35.0 Å². The van der Waals surface area contributed by atoms with Crippen LogP contribution in [0.4, 0.5) is 0 Å². The van der Waals surface area contributed by atoms with Gasteiger partial charge in [-0.3, -0.25) is 9.59 Å². The Morgan fingerprint density at radius 1 is 0.971 bits per heavy atom. The van der Waals surface area contributed by atoms with E-state index in [-0.39, 0.29) is 12.0 Å². The van der Waals surface area contributed by atoms with Gasteiger partial charge in [-0.1, -0.05) is 38.8 Å². The van der Waals surface area contributed by atoms with Gasteiger partial charge in [0.25, 0.3) is 0 Å². The van der Waals surface area contributed by atoms with Gasteiger partial charge in [0.15, 0.2) is 12.4 Å². The first kappa shape index (κ1) is 27.5. The second-order valence-corrected chi connectivity index (χ2v) is 9.89. The highest BCUT2D eigenvalue weighted by Crippen LogP contribution is 2.33. The summed E-state index contributed by atoms with van der Waals surface area (Å²) >= 11 is 0. The molecule has 0 aromatic heterocycles. The normalized spacial score (nSPS) is 26.9. The largest absolute Gasteiger partial charge is 0.493 e. The lowest BCUT2D eigenvalue weighted by atomic mass is 9.89. The van der Waals surface area contributed by atoms with Crippen molar-refractivity contribution in [3.8, 4) is 5.75 Å². The van der Waals surface area contributed by atoms with Gasteiger partial charge < -0.3 is 23.7 Å². The van der Waals surface area contributed by atoms with Gasteiger partial charge in [-0.05, 0) is 62.1 Å². The molecular weight excluding hydrogens is 448 g/mol. The molecule has 0 amide bonds. The Morgan fingerprint density at radius 2 is 1.63 bits per heavy atom. The molecule has 1 aromatic carbocycles. The molecule has 1 aromatic rings. The van der Waals surface area contributed by atoms with Crippen LogP contribution >= 0.6 is 0 Å². The van der Waals surface area contributed by atoms with Crippen molar-refractivity contribution in [2.75, 3.05) is 13.2 Å². The second-order valence-electron chi connectivity index (χ2n) is 9.89. The minimum absolute atomic E-state index is 0.113. The summed E-state index contributed by atoms with van der Waals surface area (Å²) in [6.45, 7) is 7.94. The Hall–Kier alpha value is -2.12. The first-order valence-electron chi connectivity index (χ1n) is 13.2. The fourth-order valence-corrected chi connectivity index (χ4v) is 5.10. The number of rotatable bonds is 12. The molecule has 1 saturated heterocycles. The summed E-state index contributed by atoms with van der Waals surface area (Å²) < 4.78 is 29.1. The molecule has 196 valence electrons. The predicted molar refractivity (Wildman–Crippen MR) is 132 cm³/mol. The number of unbranched alkanes of at least 4 members (excludes halogenated alkanes) is 1. The SMILES string of the molecule is CCC1OC(OCCCCc2ccc(OCC3CCCC3)cc2)C(OC(C)=O)C(OC(C)=O)C1C. The number of carbonyl (C=O) groups excluding carboxylic acids is 2. The molecule has 0 bridgehead atoms. The lowest BCUT2D eigenvalue weighted by Gasteiger charge is -2.43. The quantitative estimate of drug-likeness (QED) is 0.293. The molecule has 3 rings (SSSR count). The van der Waals surface area contributed by atoms with Gasteiger partial charge in [0.1, 0.15) is 11.9 Å². The van der Waals surface area contributed by atoms with Crippen LogP contribution in [0, 0.1) is 11.8 Å². The maximum atomic E-state index is 11.7. The fraction of sp³-hybridized carbons (Fsp3) is 0.714. The number of carbonyl (C=O) groups is 2. The van der Waals surface area contributed by atoms with Crippen LogP contribution in [0.25, 0.3) is 0 Å². The molecule has 2 aliphatic rings. The van der Waals surface area contributed by atoms with Gasteiger partial charge in [-0.25, -0.2) is 0 Å². The van der Waals surface area contributed by atoms with Crippen molar-refractivity contribution in [3.63, 3.8) is 0 Å². The van der Waals surface area contributed by atoms with Gasteiger partial charge in [0.05, 0.1) is 12.7 Å². The zero-order chi connectivity index (χ0) is 25.2. The van der Waals surface area contributed by atoms with Gasteiger partial charge in [0.2, 0.25) is 0 Å². The van der Waals surface area contributed by atoms with E-state index in [0.717, 1.165) is 38.0 Å². The van der Waals surface area contributed by atoms with Gasteiger partial charge in [-0.15, -0.1) is 0 Å². The third-order valence-corrected chi connectivity index (χ3v) is 7.04. The van der Waals surface area contributed by atoms with E-state index in [1.807, 2.05) is 13.8 Å². The Morgan fingerprint density at radius 3 is 2.26 bits per heavy atom.